The second-order valence-electron chi connectivity index (χ2n) is 4.97. The van der Waals surface area contributed by atoms with Crippen molar-refractivity contribution in [2.24, 2.45) is 0 Å². The molecule has 0 radical (unpaired) electrons. The van der Waals surface area contributed by atoms with E-state index in [1.165, 1.54) is 10.4 Å². The van der Waals surface area contributed by atoms with Crippen LogP contribution in [0.25, 0.3) is 0 Å². The van der Waals surface area contributed by atoms with Crippen LogP contribution in [0.4, 0.5) is 0 Å². The van der Waals surface area contributed by atoms with Crippen molar-refractivity contribution in [3.63, 3.8) is 0 Å². The van der Waals surface area contributed by atoms with Gasteiger partial charge in [-0.25, -0.2) is 0 Å². The molecule has 0 saturated carbocycles. The molecule has 2 aromatic carbocycles. The van der Waals surface area contributed by atoms with Crippen molar-refractivity contribution in [2.45, 2.75) is 19.4 Å². The molecule has 0 saturated heterocycles. The van der Waals surface area contributed by atoms with E-state index in [1.807, 2.05) is 18.2 Å². The summed E-state index contributed by atoms with van der Waals surface area (Å²) in [6.45, 7) is 7.97. The summed E-state index contributed by atoms with van der Waals surface area (Å²) in [5.74, 6) is 0. The van der Waals surface area contributed by atoms with Crippen LogP contribution in [-0.2, 0) is 4.43 Å². The zero-order valence-corrected chi connectivity index (χ0v) is 12.5. The standard InChI is InChI=1S/C17H19OSi/c1-4-17(2,3)18-19(15-11-7-5-8-12-15)16-13-9-6-10-14-16/h4-14H,1H2,2-3H3/q-1. The predicted molar refractivity (Wildman–Crippen MR) is 83.3 cm³/mol. The fourth-order valence-corrected chi connectivity index (χ4v) is 3.94. The summed E-state index contributed by atoms with van der Waals surface area (Å²) in [4.78, 5) is 0. The summed E-state index contributed by atoms with van der Waals surface area (Å²) < 4.78 is 6.34. The van der Waals surface area contributed by atoms with Crippen molar-refractivity contribution in [3.05, 3.63) is 73.3 Å². The van der Waals surface area contributed by atoms with Gasteiger partial charge in [-0.2, -0.15) is 10.4 Å². The van der Waals surface area contributed by atoms with Crippen molar-refractivity contribution >= 4 is 19.4 Å². The molecule has 0 heterocycles. The Hall–Kier alpha value is -1.64. The van der Waals surface area contributed by atoms with Crippen LogP contribution < -0.4 is 10.4 Å². The molecule has 0 spiro atoms. The first-order valence-corrected chi connectivity index (χ1v) is 7.83. The molecule has 0 fully saturated rings. The zero-order valence-electron chi connectivity index (χ0n) is 11.5. The highest BCUT2D eigenvalue weighted by Gasteiger charge is 2.12. The summed E-state index contributed by atoms with van der Waals surface area (Å²) in [7, 11) is -1.24. The van der Waals surface area contributed by atoms with Gasteiger partial charge in [0.15, 0.2) is 0 Å². The first-order chi connectivity index (χ1) is 9.12. The van der Waals surface area contributed by atoms with E-state index in [4.69, 9.17) is 4.43 Å². The summed E-state index contributed by atoms with van der Waals surface area (Å²) >= 11 is 0. The lowest BCUT2D eigenvalue weighted by atomic mass is 10.1. The third-order valence-electron chi connectivity index (χ3n) is 2.93. The third-order valence-corrected chi connectivity index (χ3v) is 5.37. The van der Waals surface area contributed by atoms with Crippen molar-refractivity contribution in [3.8, 4) is 0 Å². The van der Waals surface area contributed by atoms with Crippen LogP contribution in [-0.4, -0.2) is 14.6 Å². The molecule has 98 valence electrons. The Bertz CT molecular complexity index is 480. The number of hydrogen-bond donors (Lipinski definition) is 0. The zero-order chi connectivity index (χ0) is 13.7. The molecular weight excluding hydrogens is 248 g/mol. The largest absolute Gasteiger partial charge is 0.552 e. The fourth-order valence-electron chi connectivity index (χ4n) is 1.77. The Morgan fingerprint density at radius 3 is 1.68 bits per heavy atom. The second kappa shape index (κ2) is 6.00. The number of rotatable bonds is 5. The predicted octanol–water partition coefficient (Wildman–Crippen LogP) is 2.77. The average molecular weight is 267 g/mol. The van der Waals surface area contributed by atoms with E-state index in [9.17, 15) is 0 Å². The Balaban J connectivity index is 2.37. The monoisotopic (exact) mass is 267 g/mol. The molecule has 0 unspecified atom stereocenters. The molecule has 19 heavy (non-hydrogen) atoms. The van der Waals surface area contributed by atoms with Crippen LogP contribution in [0.2, 0.25) is 0 Å². The quantitative estimate of drug-likeness (QED) is 0.598. The van der Waals surface area contributed by atoms with Crippen molar-refractivity contribution in [2.75, 3.05) is 0 Å². The van der Waals surface area contributed by atoms with Gasteiger partial charge in [-0.3, -0.25) is 0 Å². The van der Waals surface area contributed by atoms with Gasteiger partial charge in [-0.15, -0.1) is 15.6 Å². The minimum Gasteiger partial charge on any atom is -0.552 e. The maximum Gasteiger partial charge on any atom is 0.0421 e. The summed E-state index contributed by atoms with van der Waals surface area (Å²) in [5, 5.41) is 2.52. The number of hydrogen-bond acceptors (Lipinski definition) is 1. The molecule has 2 heteroatoms. The van der Waals surface area contributed by atoms with Crippen molar-refractivity contribution in [1.29, 1.82) is 0 Å². The highest BCUT2D eigenvalue weighted by Crippen LogP contribution is 2.12. The van der Waals surface area contributed by atoms with E-state index < -0.39 is 9.04 Å². The van der Waals surface area contributed by atoms with Crippen LogP contribution in [0, 0.1) is 0 Å². The SMILES string of the molecule is C=CC(C)(C)O[Si-](c1ccccc1)c1ccccc1. The van der Waals surface area contributed by atoms with Gasteiger partial charge in [-0.05, 0) is 13.8 Å². The maximum atomic E-state index is 6.34. The Morgan fingerprint density at radius 2 is 1.32 bits per heavy atom. The van der Waals surface area contributed by atoms with Gasteiger partial charge in [0.25, 0.3) is 0 Å². The summed E-state index contributed by atoms with van der Waals surface area (Å²) in [5.41, 5.74) is -0.319. The lowest BCUT2D eigenvalue weighted by Gasteiger charge is -2.41. The first kappa shape index (κ1) is 13.8. The van der Waals surface area contributed by atoms with E-state index in [-0.39, 0.29) is 5.60 Å². The van der Waals surface area contributed by atoms with Crippen molar-refractivity contribution < 1.29 is 4.43 Å². The molecule has 0 aliphatic heterocycles. The van der Waals surface area contributed by atoms with Crippen LogP contribution >= 0.6 is 0 Å². The second-order valence-corrected chi connectivity index (χ2v) is 6.99. The normalized spacial score (nSPS) is 11.1. The molecule has 0 atom stereocenters. The summed E-state index contributed by atoms with van der Waals surface area (Å²) in [6, 6.07) is 20.9. The van der Waals surface area contributed by atoms with Gasteiger partial charge in [0.05, 0.1) is 0 Å². The van der Waals surface area contributed by atoms with Crippen LogP contribution in [0.1, 0.15) is 13.8 Å². The van der Waals surface area contributed by atoms with Gasteiger partial charge >= 0.3 is 0 Å². The van der Waals surface area contributed by atoms with Gasteiger partial charge < -0.3 is 4.43 Å². The fraction of sp³-hybridized carbons (Fsp3) is 0.176. The lowest BCUT2D eigenvalue weighted by Crippen LogP contribution is -2.49. The van der Waals surface area contributed by atoms with Gasteiger partial charge in [0, 0.05) is 5.60 Å². The van der Waals surface area contributed by atoms with E-state index in [0.29, 0.717) is 0 Å². The number of benzene rings is 2. The smallest absolute Gasteiger partial charge is 0.0421 e. The molecule has 0 amide bonds. The average Bonchev–Trinajstić information content (AvgIpc) is 2.47. The van der Waals surface area contributed by atoms with Gasteiger partial charge in [0.2, 0.25) is 0 Å². The Labute approximate surface area is 117 Å². The molecule has 0 N–H and O–H groups in total. The first-order valence-electron chi connectivity index (χ1n) is 6.43. The van der Waals surface area contributed by atoms with E-state index in [2.05, 4.69) is 69.0 Å². The molecular formula is C17H19OSi-. The van der Waals surface area contributed by atoms with E-state index in [1.54, 1.807) is 0 Å². The molecule has 0 bridgehead atoms. The molecule has 2 rings (SSSR count). The van der Waals surface area contributed by atoms with Gasteiger partial charge in [-0.1, -0.05) is 66.7 Å². The minimum atomic E-state index is -1.24. The minimum absolute atomic E-state index is 0.319. The van der Waals surface area contributed by atoms with Crippen molar-refractivity contribution in [1.82, 2.24) is 0 Å². The highest BCUT2D eigenvalue weighted by molar-refractivity contribution is 6.80. The Kier molecular flexibility index (Phi) is 4.35. The van der Waals surface area contributed by atoms with Crippen LogP contribution in [0.3, 0.4) is 0 Å². The molecule has 0 aliphatic carbocycles. The molecule has 2 aromatic rings. The topological polar surface area (TPSA) is 9.23 Å². The van der Waals surface area contributed by atoms with Crippen LogP contribution in [0.5, 0.6) is 0 Å². The maximum absolute atomic E-state index is 6.34. The lowest BCUT2D eigenvalue weighted by molar-refractivity contribution is 0.169. The third kappa shape index (κ3) is 3.66. The molecule has 0 aromatic heterocycles. The van der Waals surface area contributed by atoms with Gasteiger partial charge in [0.1, 0.15) is 0 Å². The van der Waals surface area contributed by atoms with E-state index >= 15 is 0 Å². The van der Waals surface area contributed by atoms with Crippen LogP contribution in [0.15, 0.2) is 73.3 Å². The summed E-state index contributed by atoms with van der Waals surface area (Å²) in [6.07, 6.45) is 1.86. The van der Waals surface area contributed by atoms with E-state index in [0.717, 1.165) is 0 Å². The Morgan fingerprint density at radius 1 is 0.895 bits per heavy atom. The molecule has 0 aliphatic rings. The highest BCUT2D eigenvalue weighted by atomic mass is 28.3. The molecule has 1 nitrogen and oxygen atoms in total.